The summed E-state index contributed by atoms with van der Waals surface area (Å²) in [5.74, 6) is 0. The molecule has 0 radical (unpaired) electrons. The van der Waals surface area contributed by atoms with Gasteiger partial charge in [-0.2, -0.15) is 5.10 Å². The number of nitrogens with one attached hydrogen (secondary N) is 2. The van der Waals surface area contributed by atoms with E-state index < -0.39 is 5.60 Å². The second-order valence-electron chi connectivity index (χ2n) is 5.45. The van der Waals surface area contributed by atoms with Crippen molar-refractivity contribution < 1.29 is 9.90 Å². The first-order chi connectivity index (χ1) is 10.5. The van der Waals surface area contributed by atoms with Gasteiger partial charge >= 0.3 is 6.03 Å². The Kier molecular flexibility index (Phi) is 5.11. The van der Waals surface area contributed by atoms with Crippen LogP contribution in [0.1, 0.15) is 25.8 Å². The van der Waals surface area contributed by atoms with Gasteiger partial charge in [-0.05, 0) is 31.0 Å². The number of hydrogen-bond acceptors (Lipinski definition) is 4. The number of anilines is 1. The molecule has 2 rings (SSSR count). The van der Waals surface area contributed by atoms with Crippen LogP contribution in [0.3, 0.4) is 0 Å². The minimum atomic E-state index is -0.897. The average Bonchev–Trinajstić information content (AvgIpc) is 2.99. The van der Waals surface area contributed by atoms with E-state index in [1.165, 1.54) is 6.33 Å². The van der Waals surface area contributed by atoms with Gasteiger partial charge in [0.05, 0.1) is 12.1 Å². The molecule has 2 amide bonds. The van der Waals surface area contributed by atoms with Crippen LogP contribution in [-0.2, 0) is 6.54 Å². The maximum absolute atomic E-state index is 11.8. The van der Waals surface area contributed by atoms with Crippen molar-refractivity contribution in [3.05, 3.63) is 42.5 Å². The van der Waals surface area contributed by atoms with Crippen LogP contribution in [0, 0.1) is 0 Å². The number of nitrogens with zero attached hydrogens (tertiary/aromatic N) is 3. The highest BCUT2D eigenvalue weighted by Gasteiger charge is 2.18. The SMILES string of the molecule is CC[C@](C)(O)CNC(=O)Nc1cccc(Cn2cncn2)c1. The van der Waals surface area contributed by atoms with Crippen LogP contribution in [0.25, 0.3) is 0 Å². The Morgan fingerprint density at radius 2 is 2.27 bits per heavy atom. The minimum absolute atomic E-state index is 0.202. The van der Waals surface area contributed by atoms with Gasteiger partial charge in [0.1, 0.15) is 12.7 Å². The lowest BCUT2D eigenvalue weighted by Gasteiger charge is -2.21. The number of aliphatic hydroxyl groups is 1. The molecule has 0 spiro atoms. The van der Waals surface area contributed by atoms with Crippen LogP contribution in [0.15, 0.2) is 36.9 Å². The smallest absolute Gasteiger partial charge is 0.319 e. The zero-order chi connectivity index (χ0) is 16.0. The van der Waals surface area contributed by atoms with Gasteiger partial charge in [0, 0.05) is 12.2 Å². The molecule has 3 N–H and O–H groups in total. The van der Waals surface area contributed by atoms with E-state index in [9.17, 15) is 9.90 Å². The first kappa shape index (κ1) is 16.0. The normalized spacial score (nSPS) is 13.4. The van der Waals surface area contributed by atoms with Crippen molar-refractivity contribution in [1.82, 2.24) is 20.1 Å². The molecular weight excluding hydrogens is 282 g/mol. The predicted octanol–water partition coefficient (Wildman–Crippen LogP) is 1.61. The van der Waals surface area contributed by atoms with E-state index in [2.05, 4.69) is 20.7 Å². The zero-order valence-electron chi connectivity index (χ0n) is 12.8. The van der Waals surface area contributed by atoms with Gasteiger partial charge < -0.3 is 15.7 Å². The summed E-state index contributed by atoms with van der Waals surface area (Å²) in [5.41, 5.74) is 0.793. The van der Waals surface area contributed by atoms with Crippen LogP contribution < -0.4 is 10.6 Å². The fourth-order valence-electron chi connectivity index (χ4n) is 1.82. The average molecular weight is 303 g/mol. The molecule has 0 saturated heterocycles. The van der Waals surface area contributed by atoms with Gasteiger partial charge in [0.25, 0.3) is 0 Å². The summed E-state index contributed by atoms with van der Waals surface area (Å²) in [6.07, 6.45) is 3.69. The Bertz CT molecular complexity index is 610. The highest BCUT2D eigenvalue weighted by Crippen LogP contribution is 2.12. The van der Waals surface area contributed by atoms with Gasteiger partial charge in [-0.25, -0.2) is 14.5 Å². The third-order valence-corrected chi connectivity index (χ3v) is 3.39. The molecule has 0 aliphatic heterocycles. The Morgan fingerprint density at radius 1 is 1.45 bits per heavy atom. The summed E-state index contributed by atoms with van der Waals surface area (Å²) in [4.78, 5) is 15.7. The summed E-state index contributed by atoms with van der Waals surface area (Å²) in [7, 11) is 0. The Hall–Kier alpha value is -2.41. The molecule has 0 aliphatic carbocycles. The van der Waals surface area contributed by atoms with Gasteiger partial charge in [0.2, 0.25) is 0 Å². The zero-order valence-corrected chi connectivity index (χ0v) is 12.8. The molecule has 0 saturated carbocycles. The van der Waals surface area contributed by atoms with Gasteiger partial charge in [-0.15, -0.1) is 0 Å². The van der Waals surface area contributed by atoms with Crippen molar-refractivity contribution in [2.45, 2.75) is 32.4 Å². The summed E-state index contributed by atoms with van der Waals surface area (Å²) in [5, 5.41) is 19.3. The Labute approximate surface area is 129 Å². The van der Waals surface area contributed by atoms with E-state index >= 15 is 0 Å². The van der Waals surface area contributed by atoms with Crippen molar-refractivity contribution in [1.29, 1.82) is 0 Å². The molecule has 7 heteroatoms. The number of rotatable bonds is 6. The van der Waals surface area contributed by atoms with E-state index in [0.717, 1.165) is 5.56 Å². The molecule has 2 aromatic rings. The highest BCUT2D eigenvalue weighted by atomic mass is 16.3. The molecular formula is C15H21N5O2. The molecule has 0 bridgehead atoms. The fraction of sp³-hybridized carbons (Fsp3) is 0.400. The Balaban J connectivity index is 1.91. The number of carbonyl (C=O) groups excluding carboxylic acids is 1. The first-order valence-corrected chi connectivity index (χ1v) is 7.17. The first-order valence-electron chi connectivity index (χ1n) is 7.17. The van der Waals surface area contributed by atoms with E-state index in [1.54, 1.807) is 17.9 Å². The minimum Gasteiger partial charge on any atom is -0.388 e. The van der Waals surface area contributed by atoms with Crippen molar-refractivity contribution in [3.63, 3.8) is 0 Å². The molecule has 0 unspecified atom stereocenters. The predicted molar refractivity (Wildman–Crippen MR) is 83.5 cm³/mol. The second-order valence-corrected chi connectivity index (χ2v) is 5.45. The largest absolute Gasteiger partial charge is 0.388 e. The van der Waals surface area contributed by atoms with Crippen molar-refractivity contribution in [3.8, 4) is 0 Å². The molecule has 1 atom stereocenters. The lowest BCUT2D eigenvalue weighted by Crippen LogP contribution is -2.41. The molecule has 22 heavy (non-hydrogen) atoms. The van der Waals surface area contributed by atoms with Crippen LogP contribution in [-0.4, -0.2) is 38.0 Å². The standard InChI is InChI=1S/C15H21N5O2/c1-3-15(2,22)9-17-14(21)19-13-6-4-5-12(7-13)8-20-11-16-10-18-20/h4-7,10-11,22H,3,8-9H2,1-2H3,(H2,17,19,21)/t15-/m0/s1. The van der Waals surface area contributed by atoms with Crippen LogP contribution in [0.5, 0.6) is 0 Å². The number of carbonyl (C=O) groups is 1. The van der Waals surface area contributed by atoms with Crippen LogP contribution in [0.4, 0.5) is 10.5 Å². The fourth-order valence-corrected chi connectivity index (χ4v) is 1.82. The number of benzene rings is 1. The molecule has 1 aromatic heterocycles. The summed E-state index contributed by atoms with van der Waals surface area (Å²) < 4.78 is 1.71. The third-order valence-electron chi connectivity index (χ3n) is 3.39. The van der Waals surface area contributed by atoms with E-state index in [-0.39, 0.29) is 12.6 Å². The molecule has 0 fully saturated rings. The lowest BCUT2D eigenvalue weighted by atomic mass is 10.0. The molecule has 0 aliphatic rings. The molecule has 1 heterocycles. The van der Waals surface area contributed by atoms with Gasteiger partial charge in [0.15, 0.2) is 0 Å². The van der Waals surface area contributed by atoms with Crippen LogP contribution >= 0.6 is 0 Å². The van der Waals surface area contributed by atoms with Crippen molar-refractivity contribution in [2.75, 3.05) is 11.9 Å². The number of amides is 2. The van der Waals surface area contributed by atoms with E-state index in [1.807, 2.05) is 31.2 Å². The summed E-state index contributed by atoms with van der Waals surface area (Å²) >= 11 is 0. The summed E-state index contributed by atoms with van der Waals surface area (Å²) in [6.45, 7) is 4.34. The van der Waals surface area contributed by atoms with Crippen molar-refractivity contribution >= 4 is 11.7 Å². The maximum atomic E-state index is 11.8. The summed E-state index contributed by atoms with van der Waals surface area (Å²) in [6, 6.07) is 7.16. The Morgan fingerprint density at radius 3 is 2.95 bits per heavy atom. The molecule has 1 aromatic carbocycles. The number of hydrogen-bond donors (Lipinski definition) is 3. The van der Waals surface area contributed by atoms with Gasteiger partial charge in [-0.3, -0.25) is 0 Å². The lowest BCUT2D eigenvalue weighted by molar-refractivity contribution is 0.0587. The van der Waals surface area contributed by atoms with Crippen LogP contribution in [0.2, 0.25) is 0 Å². The van der Waals surface area contributed by atoms with Crippen molar-refractivity contribution in [2.24, 2.45) is 0 Å². The monoisotopic (exact) mass is 303 g/mol. The maximum Gasteiger partial charge on any atom is 0.319 e. The topological polar surface area (TPSA) is 92.1 Å². The van der Waals surface area contributed by atoms with Gasteiger partial charge in [-0.1, -0.05) is 19.1 Å². The second kappa shape index (κ2) is 7.04. The number of aromatic nitrogens is 3. The quantitative estimate of drug-likeness (QED) is 0.756. The number of urea groups is 1. The molecule has 118 valence electrons. The molecule has 7 nitrogen and oxygen atoms in total. The highest BCUT2D eigenvalue weighted by molar-refractivity contribution is 5.89. The van der Waals surface area contributed by atoms with E-state index in [4.69, 9.17) is 0 Å². The van der Waals surface area contributed by atoms with E-state index in [0.29, 0.717) is 18.7 Å². The third kappa shape index (κ3) is 4.85.